The van der Waals surface area contributed by atoms with E-state index in [1.807, 2.05) is 17.7 Å². The van der Waals surface area contributed by atoms with Crippen molar-refractivity contribution in [1.29, 1.82) is 0 Å². The van der Waals surface area contributed by atoms with Crippen LogP contribution >= 0.6 is 11.8 Å². The first-order valence-electron chi connectivity index (χ1n) is 4.90. The Morgan fingerprint density at radius 1 is 1.44 bits per heavy atom. The first-order chi connectivity index (χ1) is 7.72. The molecule has 0 spiro atoms. The van der Waals surface area contributed by atoms with E-state index in [0.717, 1.165) is 16.7 Å². The van der Waals surface area contributed by atoms with E-state index in [1.54, 1.807) is 26.0 Å². The molecular weight excluding hydrogens is 226 g/mol. The Morgan fingerprint density at radius 3 is 2.69 bits per heavy atom. The third-order valence-corrected chi connectivity index (χ3v) is 3.15. The van der Waals surface area contributed by atoms with Gasteiger partial charge in [-0.15, -0.1) is 16.8 Å². The molecule has 0 unspecified atom stereocenters. The summed E-state index contributed by atoms with van der Waals surface area (Å²) in [5.41, 5.74) is 0. The predicted molar refractivity (Wildman–Crippen MR) is 63.4 cm³/mol. The molecule has 0 radical (unpaired) electrons. The van der Waals surface area contributed by atoms with Gasteiger partial charge in [-0.2, -0.15) is 0 Å². The van der Waals surface area contributed by atoms with E-state index in [0.29, 0.717) is 6.42 Å². The molecule has 0 atom stereocenters. The lowest BCUT2D eigenvalue weighted by Gasteiger charge is -2.12. The Bertz CT molecular complexity index is 337. The number of aromatic nitrogens is 3. The minimum Gasteiger partial charge on any atom is -0.355 e. The Hall–Kier alpha value is -0.850. The zero-order valence-corrected chi connectivity index (χ0v) is 10.7. The highest BCUT2D eigenvalue weighted by Crippen LogP contribution is 2.16. The fraction of sp³-hybridized carbons (Fsp3) is 0.600. The van der Waals surface area contributed by atoms with Gasteiger partial charge in [0.15, 0.2) is 11.4 Å². The molecule has 0 saturated heterocycles. The average Bonchev–Trinajstić information content (AvgIpc) is 2.65. The van der Waals surface area contributed by atoms with Gasteiger partial charge in [0, 0.05) is 27.0 Å². The lowest BCUT2D eigenvalue weighted by atomic mass is 10.4. The quantitative estimate of drug-likeness (QED) is 0.410. The molecule has 16 heavy (non-hydrogen) atoms. The van der Waals surface area contributed by atoms with E-state index < -0.39 is 0 Å². The zero-order valence-electron chi connectivity index (χ0n) is 9.84. The Kier molecular flexibility index (Phi) is 5.51. The maximum atomic E-state index is 5.12. The average molecular weight is 243 g/mol. The van der Waals surface area contributed by atoms with Crippen LogP contribution in [0.2, 0.25) is 0 Å². The standard InChI is InChI=1S/C10H17N3O2S/c1-5-6-16-10-12-11-8(13(10)2)7-9(14-3)15-4/h5,9H,1,6-7H2,2-4H3. The van der Waals surface area contributed by atoms with Crippen molar-refractivity contribution >= 4 is 11.8 Å². The summed E-state index contributed by atoms with van der Waals surface area (Å²) in [5.74, 6) is 1.67. The maximum absolute atomic E-state index is 5.12. The van der Waals surface area contributed by atoms with Gasteiger partial charge in [-0.25, -0.2) is 0 Å². The van der Waals surface area contributed by atoms with Gasteiger partial charge in [-0.3, -0.25) is 0 Å². The molecule has 0 aliphatic carbocycles. The number of rotatable bonds is 7. The summed E-state index contributed by atoms with van der Waals surface area (Å²) in [4.78, 5) is 0. The van der Waals surface area contributed by atoms with Gasteiger partial charge in [0.05, 0.1) is 6.42 Å². The second kappa shape index (κ2) is 6.67. The third-order valence-electron chi connectivity index (χ3n) is 2.13. The summed E-state index contributed by atoms with van der Waals surface area (Å²) >= 11 is 1.60. The van der Waals surface area contributed by atoms with Crippen molar-refractivity contribution in [3.05, 3.63) is 18.5 Å². The summed E-state index contributed by atoms with van der Waals surface area (Å²) in [7, 11) is 5.15. The Balaban J connectivity index is 2.67. The van der Waals surface area contributed by atoms with E-state index in [4.69, 9.17) is 9.47 Å². The fourth-order valence-corrected chi connectivity index (χ4v) is 1.86. The van der Waals surface area contributed by atoms with Crippen LogP contribution in [-0.4, -0.2) is 41.0 Å². The van der Waals surface area contributed by atoms with Crippen molar-refractivity contribution in [2.24, 2.45) is 7.05 Å². The second-order valence-corrected chi connectivity index (χ2v) is 4.15. The fourth-order valence-electron chi connectivity index (χ4n) is 1.19. The van der Waals surface area contributed by atoms with Gasteiger partial charge in [0.25, 0.3) is 0 Å². The van der Waals surface area contributed by atoms with Crippen molar-refractivity contribution < 1.29 is 9.47 Å². The van der Waals surface area contributed by atoms with Crippen molar-refractivity contribution in [3.63, 3.8) is 0 Å². The summed E-state index contributed by atoms with van der Waals surface area (Å²) in [6.07, 6.45) is 2.15. The van der Waals surface area contributed by atoms with Gasteiger partial charge in [0.1, 0.15) is 5.82 Å². The highest BCUT2D eigenvalue weighted by atomic mass is 32.2. The molecule has 0 aliphatic rings. The van der Waals surface area contributed by atoms with Crippen LogP contribution in [0.4, 0.5) is 0 Å². The molecule has 1 rings (SSSR count). The van der Waals surface area contributed by atoms with E-state index in [9.17, 15) is 0 Å². The van der Waals surface area contributed by atoms with Gasteiger partial charge in [0.2, 0.25) is 0 Å². The van der Waals surface area contributed by atoms with Crippen molar-refractivity contribution in [3.8, 4) is 0 Å². The van der Waals surface area contributed by atoms with Crippen LogP contribution in [0.25, 0.3) is 0 Å². The largest absolute Gasteiger partial charge is 0.355 e. The molecule has 0 saturated carbocycles. The zero-order chi connectivity index (χ0) is 12.0. The van der Waals surface area contributed by atoms with Crippen LogP contribution in [0, 0.1) is 0 Å². The second-order valence-electron chi connectivity index (χ2n) is 3.16. The van der Waals surface area contributed by atoms with Crippen molar-refractivity contribution in [1.82, 2.24) is 14.8 Å². The summed E-state index contributed by atoms with van der Waals surface area (Å²) in [6, 6.07) is 0. The predicted octanol–water partition coefficient (Wildman–Crippen LogP) is 1.25. The first-order valence-corrected chi connectivity index (χ1v) is 5.89. The maximum Gasteiger partial charge on any atom is 0.191 e. The van der Waals surface area contributed by atoms with Gasteiger partial charge >= 0.3 is 0 Å². The third kappa shape index (κ3) is 3.33. The normalized spacial score (nSPS) is 11.0. The van der Waals surface area contributed by atoms with Crippen LogP contribution in [-0.2, 0) is 22.9 Å². The van der Waals surface area contributed by atoms with Crippen LogP contribution < -0.4 is 0 Å². The SMILES string of the molecule is C=CCSc1nnc(CC(OC)OC)n1C. The Labute approximate surface area is 99.8 Å². The minimum atomic E-state index is -0.278. The summed E-state index contributed by atoms with van der Waals surface area (Å²) in [6.45, 7) is 3.67. The number of hydrogen-bond acceptors (Lipinski definition) is 5. The highest BCUT2D eigenvalue weighted by Gasteiger charge is 2.14. The van der Waals surface area contributed by atoms with Gasteiger partial charge in [-0.05, 0) is 0 Å². The molecule has 0 fully saturated rings. The molecule has 6 heteroatoms. The van der Waals surface area contributed by atoms with Crippen LogP contribution in [0.15, 0.2) is 17.8 Å². The molecule has 1 aromatic heterocycles. The lowest BCUT2D eigenvalue weighted by Crippen LogP contribution is -2.18. The summed E-state index contributed by atoms with van der Waals surface area (Å²) in [5, 5.41) is 9.07. The number of methoxy groups -OCH3 is 2. The minimum absolute atomic E-state index is 0.278. The first kappa shape index (κ1) is 13.2. The molecule has 0 bridgehead atoms. The van der Waals surface area contributed by atoms with Crippen molar-refractivity contribution in [2.45, 2.75) is 17.9 Å². The lowest BCUT2D eigenvalue weighted by molar-refractivity contribution is -0.102. The van der Waals surface area contributed by atoms with E-state index in [-0.39, 0.29) is 6.29 Å². The summed E-state index contributed by atoms with van der Waals surface area (Å²) < 4.78 is 12.2. The molecule has 5 nitrogen and oxygen atoms in total. The number of thioether (sulfide) groups is 1. The molecule has 1 aromatic rings. The van der Waals surface area contributed by atoms with E-state index in [2.05, 4.69) is 16.8 Å². The molecule has 90 valence electrons. The number of hydrogen-bond donors (Lipinski definition) is 0. The molecule has 0 amide bonds. The molecule has 0 N–H and O–H groups in total. The number of nitrogens with zero attached hydrogens (tertiary/aromatic N) is 3. The topological polar surface area (TPSA) is 49.2 Å². The molecular formula is C10H17N3O2S. The smallest absolute Gasteiger partial charge is 0.191 e. The van der Waals surface area contributed by atoms with Crippen molar-refractivity contribution in [2.75, 3.05) is 20.0 Å². The number of ether oxygens (including phenoxy) is 2. The van der Waals surface area contributed by atoms with Crippen LogP contribution in [0.3, 0.4) is 0 Å². The Morgan fingerprint density at radius 2 is 2.12 bits per heavy atom. The van der Waals surface area contributed by atoms with Gasteiger partial charge < -0.3 is 14.0 Å². The molecule has 1 heterocycles. The monoisotopic (exact) mass is 243 g/mol. The van der Waals surface area contributed by atoms with E-state index >= 15 is 0 Å². The highest BCUT2D eigenvalue weighted by molar-refractivity contribution is 7.99. The van der Waals surface area contributed by atoms with Crippen LogP contribution in [0.1, 0.15) is 5.82 Å². The molecule has 0 aliphatic heterocycles. The van der Waals surface area contributed by atoms with Crippen LogP contribution in [0.5, 0.6) is 0 Å². The molecule has 0 aromatic carbocycles. The van der Waals surface area contributed by atoms with E-state index in [1.165, 1.54) is 0 Å². The van der Waals surface area contributed by atoms with Gasteiger partial charge in [-0.1, -0.05) is 17.8 Å².